The molecule has 1 atom stereocenters. The third-order valence-corrected chi connectivity index (χ3v) is 3.91. The summed E-state index contributed by atoms with van der Waals surface area (Å²) in [7, 11) is 2.96. The summed E-state index contributed by atoms with van der Waals surface area (Å²) in [5.74, 6) is -0.930. The Hall–Kier alpha value is -3.09. The fourth-order valence-electron chi connectivity index (χ4n) is 2.38. The molecule has 2 rings (SSSR count). The first-order chi connectivity index (χ1) is 12.9. The molecule has 0 aliphatic heterocycles. The van der Waals surface area contributed by atoms with Crippen LogP contribution in [0.4, 0.5) is 4.39 Å². The van der Waals surface area contributed by atoms with Crippen LogP contribution >= 0.6 is 0 Å². The van der Waals surface area contributed by atoms with E-state index < -0.39 is 23.8 Å². The second-order valence-corrected chi connectivity index (χ2v) is 5.78. The van der Waals surface area contributed by atoms with E-state index in [1.807, 2.05) is 24.3 Å². The maximum Gasteiger partial charge on any atom is 0.342 e. The number of carbonyl (C=O) groups excluding carboxylic acids is 2. The Morgan fingerprint density at radius 1 is 1.07 bits per heavy atom. The van der Waals surface area contributed by atoms with Crippen LogP contribution in [-0.4, -0.2) is 38.7 Å². The van der Waals surface area contributed by atoms with Crippen molar-refractivity contribution in [1.82, 2.24) is 5.32 Å². The van der Waals surface area contributed by atoms with E-state index in [9.17, 15) is 14.0 Å². The van der Waals surface area contributed by atoms with Gasteiger partial charge in [0.2, 0.25) is 0 Å². The topological polar surface area (TPSA) is 73.9 Å². The Kier molecular flexibility index (Phi) is 7.16. The van der Waals surface area contributed by atoms with E-state index in [4.69, 9.17) is 14.2 Å². The molecule has 6 nitrogen and oxygen atoms in total. The zero-order chi connectivity index (χ0) is 19.8. The third kappa shape index (κ3) is 5.70. The third-order valence-electron chi connectivity index (χ3n) is 3.91. The zero-order valence-electron chi connectivity index (χ0n) is 15.5. The molecule has 2 aromatic carbocycles. The Morgan fingerprint density at radius 2 is 1.78 bits per heavy atom. The summed E-state index contributed by atoms with van der Waals surface area (Å²) >= 11 is 0. The predicted molar refractivity (Wildman–Crippen MR) is 97.5 cm³/mol. The molecule has 0 spiro atoms. The van der Waals surface area contributed by atoms with Gasteiger partial charge >= 0.3 is 5.97 Å². The maximum atomic E-state index is 13.4. The normalized spacial score (nSPS) is 11.4. The van der Waals surface area contributed by atoms with Crippen molar-refractivity contribution in [3.63, 3.8) is 0 Å². The van der Waals surface area contributed by atoms with Crippen molar-refractivity contribution in [3.8, 4) is 11.5 Å². The standard InChI is InChI=1S/C20H22FNO5/c1-13(27-20(24)17-12-15(21)6-9-18(17)26-3)19(23)22-11-10-14-4-7-16(25-2)8-5-14/h4-9,12-13H,10-11H2,1-3H3,(H,22,23)/t13-/m1/s1. The molecule has 0 unspecified atom stereocenters. The van der Waals surface area contributed by atoms with Crippen LogP contribution in [0.1, 0.15) is 22.8 Å². The lowest BCUT2D eigenvalue weighted by Gasteiger charge is -2.15. The lowest BCUT2D eigenvalue weighted by atomic mass is 10.1. The molecule has 0 saturated carbocycles. The number of hydrogen-bond acceptors (Lipinski definition) is 5. The van der Waals surface area contributed by atoms with Crippen LogP contribution in [0.5, 0.6) is 11.5 Å². The SMILES string of the molecule is COc1ccc(CCNC(=O)[C@@H](C)OC(=O)c2cc(F)ccc2OC)cc1. The van der Waals surface area contributed by atoms with Gasteiger partial charge in [0.1, 0.15) is 22.9 Å². The Balaban J connectivity index is 1.85. The molecule has 0 radical (unpaired) electrons. The van der Waals surface area contributed by atoms with E-state index in [1.165, 1.54) is 26.2 Å². The number of methoxy groups -OCH3 is 2. The Bertz CT molecular complexity index is 791. The molecule has 0 aliphatic carbocycles. The number of ether oxygens (including phenoxy) is 3. The molecule has 0 fully saturated rings. The molecule has 0 aliphatic rings. The molecule has 1 N–H and O–H groups in total. The van der Waals surface area contributed by atoms with Crippen LogP contribution in [0.25, 0.3) is 0 Å². The quantitative estimate of drug-likeness (QED) is 0.718. The summed E-state index contributed by atoms with van der Waals surface area (Å²) in [5.41, 5.74) is 0.959. The smallest absolute Gasteiger partial charge is 0.342 e. The van der Waals surface area contributed by atoms with Gasteiger partial charge in [-0.15, -0.1) is 0 Å². The van der Waals surface area contributed by atoms with Gasteiger partial charge in [0, 0.05) is 6.54 Å². The summed E-state index contributed by atoms with van der Waals surface area (Å²) in [6.07, 6.45) is -0.407. The minimum atomic E-state index is -1.03. The first-order valence-electron chi connectivity index (χ1n) is 8.39. The van der Waals surface area contributed by atoms with Gasteiger partial charge in [0.15, 0.2) is 6.10 Å². The highest BCUT2D eigenvalue weighted by atomic mass is 19.1. The van der Waals surface area contributed by atoms with E-state index in [1.54, 1.807) is 7.11 Å². The minimum Gasteiger partial charge on any atom is -0.497 e. The molecule has 0 heterocycles. The van der Waals surface area contributed by atoms with E-state index in [0.717, 1.165) is 17.4 Å². The molecular weight excluding hydrogens is 353 g/mol. The van der Waals surface area contributed by atoms with Crippen LogP contribution < -0.4 is 14.8 Å². The number of halogens is 1. The second kappa shape index (κ2) is 9.56. The highest BCUT2D eigenvalue weighted by Crippen LogP contribution is 2.20. The highest BCUT2D eigenvalue weighted by molar-refractivity contribution is 5.94. The van der Waals surface area contributed by atoms with Crippen molar-refractivity contribution < 1.29 is 28.2 Å². The highest BCUT2D eigenvalue weighted by Gasteiger charge is 2.21. The summed E-state index contributed by atoms with van der Waals surface area (Å²) in [6, 6.07) is 11.0. The van der Waals surface area contributed by atoms with Gasteiger partial charge in [-0.25, -0.2) is 9.18 Å². The first-order valence-corrected chi connectivity index (χ1v) is 8.39. The summed E-state index contributed by atoms with van der Waals surface area (Å²) in [5, 5.41) is 2.70. The molecule has 27 heavy (non-hydrogen) atoms. The van der Waals surface area contributed by atoms with Gasteiger partial charge in [-0.3, -0.25) is 4.79 Å². The van der Waals surface area contributed by atoms with Crippen molar-refractivity contribution in [3.05, 3.63) is 59.4 Å². The van der Waals surface area contributed by atoms with Crippen LogP contribution in [0, 0.1) is 5.82 Å². The van der Waals surface area contributed by atoms with E-state index in [0.29, 0.717) is 13.0 Å². The number of rotatable bonds is 8. The molecule has 144 valence electrons. The van der Waals surface area contributed by atoms with Crippen LogP contribution in [-0.2, 0) is 16.0 Å². The summed E-state index contributed by atoms with van der Waals surface area (Å²) < 4.78 is 28.6. The van der Waals surface area contributed by atoms with Crippen LogP contribution in [0.15, 0.2) is 42.5 Å². The summed E-state index contributed by atoms with van der Waals surface area (Å²) in [4.78, 5) is 24.3. The molecule has 7 heteroatoms. The molecule has 0 saturated heterocycles. The van der Waals surface area contributed by atoms with Crippen LogP contribution in [0.3, 0.4) is 0 Å². The number of nitrogens with one attached hydrogen (secondary N) is 1. The van der Waals surface area contributed by atoms with Crippen molar-refractivity contribution in [1.29, 1.82) is 0 Å². The monoisotopic (exact) mass is 375 g/mol. The van der Waals surface area contributed by atoms with Gasteiger partial charge in [-0.05, 0) is 49.2 Å². The zero-order valence-corrected chi connectivity index (χ0v) is 15.5. The van der Waals surface area contributed by atoms with E-state index in [2.05, 4.69) is 5.32 Å². The lowest BCUT2D eigenvalue weighted by Crippen LogP contribution is -2.37. The van der Waals surface area contributed by atoms with Crippen molar-refractivity contribution >= 4 is 11.9 Å². The fraction of sp³-hybridized carbons (Fsp3) is 0.300. The number of carbonyl (C=O) groups is 2. The van der Waals surface area contributed by atoms with Crippen molar-refractivity contribution in [2.75, 3.05) is 20.8 Å². The summed E-state index contributed by atoms with van der Waals surface area (Å²) in [6.45, 7) is 1.84. The molecule has 0 aromatic heterocycles. The number of hydrogen-bond donors (Lipinski definition) is 1. The van der Waals surface area contributed by atoms with Crippen LogP contribution in [0.2, 0.25) is 0 Å². The second-order valence-electron chi connectivity index (χ2n) is 5.78. The van der Waals surface area contributed by atoms with Crippen molar-refractivity contribution in [2.24, 2.45) is 0 Å². The minimum absolute atomic E-state index is 0.0737. The molecular formula is C20H22FNO5. The predicted octanol–water partition coefficient (Wildman–Crippen LogP) is 2.75. The Morgan fingerprint density at radius 3 is 2.41 bits per heavy atom. The van der Waals surface area contributed by atoms with Gasteiger partial charge in [0.05, 0.1) is 14.2 Å². The van der Waals surface area contributed by atoms with Gasteiger partial charge < -0.3 is 19.5 Å². The number of esters is 1. The van der Waals surface area contributed by atoms with E-state index in [-0.39, 0.29) is 11.3 Å². The molecule has 1 amide bonds. The fourth-order valence-corrected chi connectivity index (χ4v) is 2.38. The van der Waals surface area contributed by atoms with Gasteiger partial charge in [-0.2, -0.15) is 0 Å². The average Bonchev–Trinajstić information content (AvgIpc) is 2.68. The van der Waals surface area contributed by atoms with Gasteiger partial charge in [-0.1, -0.05) is 12.1 Å². The first kappa shape index (κ1) is 20.2. The lowest BCUT2D eigenvalue weighted by molar-refractivity contribution is -0.129. The largest absolute Gasteiger partial charge is 0.497 e. The number of amides is 1. The van der Waals surface area contributed by atoms with Gasteiger partial charge in [0.25, 0.3) is 5.91 Å². The van der Waals surface area contributed by atoms with E-state index >= 15 is 0 Å². The maximum absolute atomic E-state index is 13.4. The Labute approximate surface area is 157 Å². The number of benzene rings is 2. The van der Waals surface area contributed by atoms with Crippen molar-refractivity contribution in [2.45, 2.75) is 19.4 Å². The molecule has 0 bridgehead atoms. The molecule has 2 aromatic rings. The average molecular weight is 375 g/mol.